The van der Waals surface area contributed by atoms with E-state index >= 15 is 0 Å². The van der Waals surface area contributed by atoms with Crippen LogP contribution >= 0.6 is 0 Å². The molecule has 0 saturated heterocycles. The molecule has 3 heteroatoms. The summed E-state index contributed by atoms with van der Waals surface area (Å²) >= 11 is 0. The fraction of sp³-hybridized carbons (Fsp3) is 0.267. The molecule has 1 rings (SSSR count). The fourth-order valence-electron chi connectivity index (χ4n) is 1.67. The zero-order chi connectivity index (χ0) is 13.7. The molecular formula is C15H18O3. The van der Waals surface area contributed by atoms with Crippen LogP contribution in [-0.4, -0.2) is 18.5 Å². The van der Waals surface area contributed by atoms with Crippen LogP contribution < -0.4 is 4.74 Å². The van der Waals surface area contributed by atoms with Crippen molar-refractivity contribution in [2.75, 3.05) is 7.11 Å². The number of rotatable bonds is 5. The Morgan fingerprint density at radius 3 is 2.67 bits per heavy atom. The van der Waals surface area contributed by atoms with Gasteiger partial charge in [-0.15, -0.1) is 0 Å². The van der Waals surface area contributed by atoms with Gasteiger partial charge in [-0.2, -0.15) is 0 Å². The average Bonchev–Trinajstić information content (AvgIpc) is 2.35. The Morgan fingerprint density at radius 2 is 2.17 bits per heavy atom. The van der Waals surface area contributed by atoms with Gasteiger partial charge in [-0.05, 0) is 25.1 Å². The van der Waals surface area contributed by atoms with Gasteiger partial charge in [0.15, 0.2) is 0 Å². The zero-order valence-electron chi connectivity index (χ0n) is 10.9. The molecule has 1 aromatic rings. The van der Waals surface area contributed by atoms with E-state index in [1.807, 2.05) is 19.9 Å². The van der Waals surface area contributed by atoms with Crippen molar-refractivity contribution in [3.8, 4) is 11.5 Å². The predicted molar refractivity (Wildman–Crippen MR) is 73.0 cm³/mol. The molecular weight excluding hydrogens is 228 g/mol. The van der Waals surface area contributed by atoms with E-state index in [0.29, 0.717) is 12.0 Å². The minimum atomic E-state index is 0.0410. The molecule has 3 nitrogen and oxygen atoms in total. The van der Waals surface area contributed by atoms with Gasteiger partial charge < -0.3 is 9.84 Å². The number of allylic oxidation sites excluding steroid dienone is 2. The van der Waals surface area contributed by atoms with E-state index in [0.717, 1.165) is 16.7 Å². The summed E-state index contributed by atoms with van der Waals surface area (Å²) in [6.45, 7) is 7.77. The van der Waals surface area contributed by atoms with Crippen LogP contribution in [0.1, 0.15) is 30.9 Å². The smallest absolute Gasteiger partial charge is 0.142 e. The summed E-state index contributed by atoms with van der Waals surface area (Å²) in [6, 6.07) is 3.37. The molecule has 18 heavy (non-hydrogen) atoms. The fourth-order valence-corrected chi connectivity index (χ4v) is 1.67. The first-order valence-corrected chi connectivity index (χ1v) is 5.69. The maximum absolute atomic E-state index is 10.4. The van der Waals surface area contributed by atoms with Crippen molar-refractivity contribution >= 4 is 12.4 Å². The largest absolute Gasteiger partial charge is 0.508 e. The number of ether oxygens (including phenoxy) is 1. The highest BCUT2D eigenvalue weighted by Crippen LogP contribution is 2.35. The van der Waals surface area contributed by atoms with Gasteiger partial charge in [0.25, 0.3) is 0 Å². The number of aldehydes is 1. The molecule has 0 saturated carbocycles. The van der Waals surface area contributed by atoms with Crippen LogP contribution in [0, 0.1) is 0 Å². The van der Waals surface area contributed by atoms with Crippen molar-refractivity contribution < 1.29 is 14.6 Å². The lowest BCUT2D eigenvalue weighted by Gasteiger charge is -2.16. The molecule has 0 fully saturated rings. The second-order valence-electron chi connectivity index (χ2n) is 4.22. The van der Waals surface area contributed by atoms with Crippen molar-refractivity contribution in [2.45, 2.75) is 19.8 Å². The topological polar surface area (TPSA) is 46.5 Å². The normalized spacial score (nSPS) is 12.4. The number of benzene rings is 1. The van der Waals surface area contributed by atoms with E-state index in [2.05, 4.69) is 6.58 Å². The maximum Gasteiger partial charge on any atom is 0.142 e. The Kier molecular flexibility index (Phi) is 4.72. The standard InChI is InChI=1S/C15H18O3/c1-10(2)11(3)13-8-12(6-5-7-16)15(18-4)9-14(13)17/h5-9,11,17H,1H2,2-4H3/b6-5+. The number of hydrogen-bond acceptors (Lipinski definition) is 3. The first kappa shape index (κ1) is 14.0. The molecule has 0 aliphatic carbocycles. The average molecular weight is 246 g/mol. The number of phenols is 1. The highest BCUT2D eigenvalue weighted by atomic mass is 16.5. The number of carbonyl (C=O) groups excluding carboxylic acids is 1. The maximum atomic E-state index is 10.4. The molecule has 0 heterocycles. The van der Waals surface area contributed by atoms with Crippen molar-refractivity contribution in [1.82, 2.24) is 0 Å². The van der Waals surface area contributed by atoms with Crippen LogP contribution in [0.2, 0.25) is 0 Å². The van der Waals surface area contributed by atoms with E-state index in [9.17, 15) is 9.90 Å². The molecule has 1 atom stereocenters. The van der Waals surface area contributed by atoms with Crippen LogP contribution in [0.25, 0.3) is 6.08 Å². The summed E-state index contributed by atoms with van der Waals surface area (Å²) < 4.78 is 5.17. The van der Waals surface area contributed by atoms with Crippen LogP contribution in [0.15, 0.2) is 30.4 Å². The molecule has 0 amide bonds. The lowest BCUT2D eigenvalue weighted by molar-refractivity contribution is -0.104. The summed E-state index contributed by atoms with van der Waals surface area (Å²) in [4.78, 5) is 10.4. The minimum absolute atomic E-state index is 0.0410. The lowest BCUT2D eigenvalue weighted by Crippen LogP contribution is -1.97. The second-order valence-corrected chi connectivity index (χ2v) is 4.22. The van der Waals surface area contributed by atoms with E-state index < -0.39 is 0 Å². The lowest BCUT2D eigenvalue weighted by atomic mass is 9.92. The number of phenolic OH excluding ortho intramolecular Hbond substituents is 1. The van der Waals surface area contributed by atoms with Gasteiger partial charge in [-0.3, -0.25) is 4.79 Å². The monoisotopic (exact) mass is 246 g/mol. The van der Waals surface area contributed by atoms with E-state index in [4.69, 9.17) is 4.74 Å². The summed E-state index contributed by atoms with van der Waals surface area (Å²) in [7, 11) is 1.52. The Balaban J connectivity index is 3.33. The highest BCUT2D eigenvalue weighted by Gasteiger charge is 2.14. The summed E-state index contributed by atoms with van der Waals surface area (Å²) in [5.41, 5.74) is 2.49. The molecule has 96 valence electrons. The van der Waals surface area contributed by atoms with Crippen molar-refractivity contribution in [3.63, 3.8) is 0 Å². The molecule has 0 aromatic heterocycles. The summed E-state index contributed by atoms with van der Waals surface area (Å²) in [5.74, 6) is 0.744. The number of hydrogen-bond donors (Lipinski definition) is 1. The second kappa shape index (κ2) is 6.05. The Hall–Kier alpha value is -2.03. The molecule has 1 unspecified atom stereocenters. The van der Waals surface area contributed by atoms with Crippen molar-refractivity contribution in [1.29, 1.82) is 0 Å². The van der Waals surface area contributed by atoms with Crippen LogP contribution in [-0.2, 0) is 4.79 Å². The van der Waals surface area contributed by atoms with Gasteiger partial charge in [0.2, 0.25) is 0 Å². The van der Waals surface area contributed by atoms with E-state index in [1.165, 1.54) is 13.2 Å². The quantitative estimate of drug-likeness (QED) is 0.492. The van der Waals surface area contributed by atoms with Gasteiger partial charge in [0, 0.05) is 23.1 Å². The molecule has 0 aliphatic heterocycles. The van der Waals surface area contributed by atoms with Crippen LogP contribution in [0.5, 0.6) is 11.5 Å². The third-order valence-corrected chi connectivity index (χ3v) is 2.94. The van der Waals surface area contributed by atoms with E-state index in [-0.39, 0.29) is 11.7 Å². The molecule has 0 bridgehead atoms. The molecule has 0 aliphatic rings. The van der Waals surface area contributed by atoms with Gasteiger partial charge >= 0.3 is 0 Å². The summed E-state index contributed by atoms with van der Waals surface area (Å²) in [5, 5.41) is 9.98. The summed E-state index contributed by atoms with van der Waals surface area (Å²) in [6.07, 6.45) is 3.75. The Labute approximate surface area is 107 Å². The number of methoxy groups -OCH3 is 1. The number of aromatic hydroxyl groups is 1. The highest BCUT2D eigenvalue weighted by molar-refractivity contribution is 5.76. The molecule has 1 aromatic carbocycles. The third kappa shape index (κ3) is 3.00. The van der Waals surface area contributed by atoms with Crippen molar-refractivity contribution in [2.24, 2.45) is 0 Å². The van der Waals surface area contributed by atoms with Gasteiger partial charge in [-0.1, -0.05) is 19.1 Å². The van der Waals surface area contributed by atoms with Gasteiger partial charge in [-0.25, -0.2) is 0 Å². The zero-order valence-corrected chi connectivity index (χ0v) is 10.9. The first-order chi connectivity index (χ1) is 8.51. The van der Waals surface area contributed by atoms with E-state index in [1.54, 1.807) is 12.1 Å². The minimum Gasteiger partial charge on any atom is -0.508 e. The first-order valence-electron chi connectivity index (χ1n) is 5.69. The predicted octanol–water partition coefficient (Wildman–Crippen LogP) is 3.29. The Bertz CT molecular complexity index is 487. The molecule has 0 spiro atoms. The van der Waals surface area contributed by atoms with Crippen LogP contribution in [0.3, 0.4) is 0 Å². The Morgan fingerprint density at radius 1 is 1.50 bits per heavy atom. The third-order valence-electron chi connectivity index (χ3n) is 2.94. The number of carbonyl (C=O) groups is 1. The SMILES string of the molecule is C=C(C)C(C)c1cc(/C=C/C=O)c(OC)cc1O. The molecule has 1 N–H and O–H groups in total. The van der Waals surface area contributed by atoms with Crippen molar-refractivity contribution in [3.05, 3.63) is 41.5 Å². The van der Waals surface area contributed by atoms with Gasteiger partial charge in [0.05, 0.1) is 7.11 Å². The molecule has 0 radical (unpaired) electrons. The van der Waals surface area contributed by atoms with Gasteiger partial charge in [0.1, 0.15) is 17.8 Å². The van der Waals surface area contributed by atoms with Crippen LogP contribution in [0.4, 0.5) is 0 Å².